The van der Waals surface area contributed by atoms with Crippen molar-refractivity contribution in [1.82, 2.24) is 0 Å². The molecule has 1 aromatic carbocycles. The van der Waals surface area contributed by atoms with Crippen molar-refractivity contribution in [3.05, 3.63) is 41.5 Å². The molecule has 3 heteroatoms. The third-order valence-corrected chi connectivity index (χ3v) is 5.77. The van der Waals surface area contributed by atoms with E-state index in [1.807, 2.05) is 39.0 Å². The predicted octanol–water partition coefficient (Wildman–Crippen LogP) is 3.01. The first-order valence-corrected chi connectivity index (χ1v) is 7.59. The van der Waals surface area contributed by atoms with Crippen LogP contribution in [0, 0.1) is 37.0 Å². The molecule has 4 atom stereocenters. The lowest BCUT2D eigenvalue weighted by molar-refractivity contribution is -0.127. The van der Waals surface area contributed by atoms with Gasteiger partial charge in [0.25, 0.3) is 0 Å². The van der Waals surface area contributed by atoms with E-state index >= 15 is 0 Å². The first kappa shape index (κ1) is 12.8. The number of carbonyl (C=O) groups is 2. The van der Waals surface area contributed by atoms with Gasteiger partial charge in [-0.25, -0.2) is 4.90 Å². The summed E-state index contributed by atoms with van der Waals surface area (Å²) in [4.78, 5) is 27.5. The fourth-order valence-corrected chi connectivity index (χ4v) is 4.68. The maximum atomic E-state index is 13.1. The number of aryl methyl sites for hydroxylation is 2. The summed E-state index contributed by atoms with van der Waals surface area (Å²) in [5, 5.41) is 0. The third kappa shape index (κ3) is 1.34. The van der Waals surface area contributed by atoms with E-state index in [1.54, 1.807) is 0 Å². The minimum Gasteiger partial charge on any atom is -0.274 e. The number of nitrogens with zero attached hydrogens (tertiary/aromatic N) is 1. The molecule has 3 nitrogen and oxygen atoms in total. The van der Waals surface area contributed by atoms with Gasteiger partial charge in [0.05, 0.1) is 17.0 Å². The van der Waals surface area contributed by atoms with E-state index in [4.69, 9.17) is 0 Å². The van der Waals surface area contributed by atoms with Crippen LogP contribution in [0.25, 0.3) is 0 Å². The normalized spacial score (nSPS) is 36.7. The lowest BCUT2D eigenvalue weighted by Gasteiger charge is -2.28. The fraction of sp³-hybridized carbons (Fsp3) is 0.444. The maximum absolute atomic E-state index is 13.1. The van der Waals surface area contributed by atoms with Gasteiger partial charge in [-0.15, -0.1) is 0 Å². The molecule has 1 saturated carbocycles. The van der Waals surface area contributed by atoms with Gasteiger partial charge >= 0.3 is 0 Å². The monoisotopic (exact) mass is 281 g/mol. The molecular weight excluding hydrogens is 262 g/mol. The largest absolute Gasteiger partial charge is 0.274 e. The van der Waals surface area contributed by atoms with Crippen molar-refractivity contribution in [2.45, 2.75) is 27.2 Å². The van der Waals surface area contributed by atoms with Crippen LogP contribution in [0.1, 0.15) is 24.5 Å². The molecule has 0 N–H and O–H groups in total. The second-order valence-corrected chi connectivity index (χ2v) is 6.87. The van der Waals surface area contributed by atoms with Crippen molar-refractivity contribution in [1.29, 1.82) is 0 Å². The summed E-state index contributed by atoms with van der Waals surface area (Å²) in [6.45, 7) is 5.91. The Balaban J connectivity index is 1.87. The van der Waals surface area contributed by atoms with Crippen LogP contribution in [0.4, 0.5) is 5.69 Å². The average molecular weight is 281 g/mol. The van der Waals surface area contributed by atoms with E-state index in [0.717, 1.165) is 23.2 Å². The zero-order chi connectivity index (χ0) is 14.9. The Labute approximate surface area is 124 Å². The summed E-state index contributed by atoms with van der Waals surface area (Å²) >= 11 is 0. The molecule has 1 heterocycles. The zero-order valence-corrected chi connectivity index (χ0v) is 12.6. The average Bonchev–Trinajstić information content (AvgIpc) is 3.06. The molecule has 4 rings (SSSR count). The van der Waals surface area contributed by atoms with Crippen LogP contribution in [-0.2, 0) is 9.59 Å². The molecule has 0 spiro atoms. The first-order valence-electron chi connectivity index (χ1n) is 7.59. The van der Waals surface area contributed by atoms with Gasteiger partial charge in [0, 0.05) is 0 Å². The number of carbonyl (C=O) groups excluding carboxylic acids is 2. The zero-order valence-electron chi connectivity index (χ0n) is 12.6. The molecule has 0 unspecified atom stereocenters. The lowest BCUT2D eigenvalue weighted by atomic mass is 9.71. The Morgan fingerprint density at radius 3 is 2.43 bits per heavy atom. The van der Waals surface area contributed by atoms with Crippen LogP contribution in [0.3, 0.4) is 0 Å². The fourth-order valence-electron chi connectivity index (χ4n) is 4.68. The SMILES string of the molecule is Cc1cccc(C)c1N1C(=O)[C@H]2[C@@H]3C=C[C@H](C3)[C@@]2(C)C1=O. The van der Waals surface area contributed by atoms with Gasteiger partial charge in [0.2, 0.25) is 11.8 Å². The number of amides is 2. The van der Waals surface area contributed by atoms with Crippen LogP contribution in [-0.4, -0.2) is 11.8 Å². The van der Waals surface area contributed by atoms with Crippen molar-refractivity contribution in [3.63, 3.8) is 0 Å². The van der Waals surface area contributed by atoms with E-state index in [1.165, 1.54) is 4.90 Å². The minimum atomic E-state index is -0.536. The molecule has 1 saturated heterocycles. The van der Waals surface area contributed by atoms with E-state index in [-0.39, 0.29) is 29.6 Å². The van der Waals surface area contributed by atoms with Crippen molar-refractivity contribution >= 4 is 17.5 Å². The van der Waals surface area contributed by atoms with Crippen LogP contribution in [0.15, 0.2) is 30.4 Å². The van der Waals surface area contributed by atoms with E-state index in [0.29, 0.717) is 0 Å². The van der Waals surface area contributed by atoms with Crippen LogP contribution in [0.5, 0.6) is 0 Å². The Morgan fingerprint density at radius 2 is 1.81 bits per heavy atom. The van der Waals surface area contributed by atoms with Gasteiger partial charge in [-0.3, -0.25) is 9.59 Å². The van der Waals surface area contributed by atoms with Crippen molar-refractivity contribution in [2.24, 2.45) is 23.2 Å². The molecule has 21 heavy (non-hydrogen) atoms. The summed E-state index contributed by atoms with van der Waals surface area (Å²) in [5.41, 5.74) is 2.23. The predicted molar refractivity (Wildman–Crippen MR) is 80.7 cm³/mol. The number of allylic oxidation sites excluding steroid dienone is 2. The smallest absolute Gasteiger partial charge is 0.241 e. The topological polar surface area (TPSA) is 37.4 Å². The van der Waals surface area contributed by atoms with E-state index in [2.05, 4.69) is 12.2 Å². The third-order valence-electron chi connectivity index (χ3n) is 5.77. The van der Waals surface area contributed by atoms with Gasteiger partial charge in [0.1, 0.15) is 0 Å². The number of hydrogen-bond acceptors (Lipinski definition) is 2. The highest BCUT2D eigenvalue weighted by Crippen LogP contribution is 2.61. The van der Waals surface area contributed by atoms with Crippen LogP contribution in [0.2, 0.25) is 0 Å². The van der Waals surface area contributed by atoms with Crippen LogP contribution < -0.4 is 4.90 Å². The highest BCUT2D eigenvalue weighted by molar-refractivity contribution is 6.25. The number of benzene rings is 1. The highest BCUT2D eigenvalue weighted by atomic mass is 16.2. The Morgan fingerprint density at radius 1 is 1.14 bits per heavy atom. The number of anilines is 1. The molecule has 1 aliphatic heterocycles. The quantitative estimate of drug-likeness (QED) is 0.586. The summed E-state index contributed by atoms with van der Waals surface area (Å²) < 4.78 is 0. The second kappa shape index (κ2) is 3.85. The Bertz CT molecular complexity index is 685. The number of imide groups is 1. The van der Waals surface area contributed by atoms with Gasteiger partial charge in [0.15, 0.2) is 0 Å². The molecule has 0 aromatic heterocycles. The number of fused-ring (bicyclic) bond motifs is 5. The maximum Gasteiger partial charge on any atom is 0.241 e. The molecule has 1 aromatic rings. The Hall–Kier alpha value is -1.90. The van der Waals surface area contributed by atoms with Gasteiger partial charge in [-0.1, -0.05) is 30.4 Å². The van der Waals surface area contributed by atoms with Gasteiger partial charge in [-0.2, -0.15) is 0 Å². The van der Waals surface area contributed by atoms with Crippen molar-refractivity contribution in [3.8, 4) is 0 Å². The molecule has 108 valence electrons. The highest BCUT2D eigenvalue weighted by Gasteiger charge is 2.67. The number of para-hydroxylation sites is 1. The van der Waals surface area contributed by atoms with Gasteiger partial charge < -0.3 is 0 Å². The molecule has 2 amide bonds. The summed E-state index contributed by atoms with van der Waals surface area (Å²) in [5.74, 6) is 0.284. The molecule has 2 bridgehead atoms. The first-order chi connectivity index (χ1) is 9.96. The lowest BCUT2D eigenvalue weighted by Crippen LogP contribution is -2.38. The molecule has 2 aliphatic carbocycles. The summed E-state index contributed by atoms with van der Waals surface area (Å²) in [6, 6.07) is 5.89. The molecule has 2 fully saturated rings. The minimum absolute atomic E-state index is 0.00301. The number of hydrogen-bond donors (Lipinski definition) is 0. The standard InChI is InChI=1S/C18H19NO2/c1-10-5-4-6-11(2)15(10)19-16(20)14-12-7-8-13(9-12)18(14,3)17(19)21/h4-8,12-14H,9H2,1-3H3/t12-,13-,14-,18-/m1/s1. The van der Waals surface area contributed by atoms with E-state index < -0.39 is 5.41 Å². The Kier molecular flexibility index (Phi) is 2.35. The summed E-state index contributed by atoms with van der Waals surface area (Å²) in [7, 11) is 0. The van der Waals surface area contributed by atoms with E-state index in [9.17, 15) is 9.59 Å². The second-order valence-electron chi connectivity index (χ2n) is 6.87. The summed E-state index contributed by atoms with van der Waals surface area (Å²) in [6.07, 6.45) is 5.23. The van der Waals surface area contributed by atoms with Gasteiger partial charge in [-0.05, 0) is 50.2 Å². The van der Waals surface area contributed by atoms with Crippen molar-refractivity contribution in [2.75, 3.05) is 4.90 Å². The molecule has 3 aliphatic rings. The van der Waals surface area contributed by atoms with Crippen molar-refractivity contribution < 1.29 is 9.59 Å². The van der Waals surface area contributed by atoms with Crippen LogP contribution >= 0.6 is 0 Å². The molecular formula is C18H19NO2. The molecule has 0 radical (unpaired) electrons. The number of rotatable bonds is 1.